The fourth-order valence-electron chi connectivity index (χ4n) is 1.41. The minimum Gasteiger partial charge on any atom is -0.247 e. The van der Waals surface area contributed by atoms with Crippen LogP contribution in [-0.4, -0.2) is 18.4 Å². The predicted octanol–water partition coefficient (Wildman–Crippen LogP) is 2.89. The summed E-state index contributed by atoms with van der Waals surface area (Å²) in [5, 5.41) is 0.276. The van der Waals surface area contributed by atoms with Gasteiger partial charge in [-0.3, -0.25) is 0 Å². The monoisotopic (exact) mass is 317 g/mol. The zero-order valence-corrected chi connectivity index (χ0v) is 12.1. The maximum Gasteiger partial charge on any atom is 0.265 e. The second kappa shape index (κ2) is 5.32. The van der Waals surface area contributed by atoms with Crippen molar-refractivity contribution in [3.05, 3.63) is 46.2 Å². The van der Waals surface area contributed by atoms with Crippen LogP contribution in [0.4, 0.5) is 5.95 Å². The number of anilines is 1. The van der Waals surface area contributed by atoms with Gasteiger partial charge < -0.3 is 0 Å². The molecule has 1 aromatic carbocycles. The van der Waals surface area contributed by atoms with Crippen molar-refractivity contribution in [2.75, 3.05) is 4.72 Å². The molecule has 0 amide bonds. The number of hydrogen-bond donors (Lipinski definition) is 1. The molecule has 2 rings (SSSR count). The van der Waals surface area contributed by atoms with Gasteiger partial charge in [0.25, 0.3) is 10.0 Å². The maximum atomic E-state index is 12.1. The molecule has 2 aromatic rings. The van der Waals surface area contributed by atoms with Gasteiger partial charge in [-0.25, -0.2) is 23.1 Å². The van der Waals surface area contributed by atoms with Crippen LogP contribution in [0.2, 0.25) is 10.2 Å². The molecule has 0 aliphatic heterocycles. The maximum absolute atomic E-state index is 12.1. The summed E-state index contributed by atoms with van der Waals surface area (Å²) in [4.78, 5) is 7.70. The average molecular weight is 318 g/mol. The van der Waals surface area contributed by atoms with Gasteiger partial charge in [0.2, 0.25) is 5.95 Å². The molecule has 0 spiro atoms. The van der Waals surface area contributed by atoms with E-state index >= 15 is 0 Å². The second-order valence-corrected chi connectivity index (χ2v) is 6.14. The number of sulfonamides is 1. The van der Waals surface area contributed by atoms with E-state index in [-0.39, 0.29) is 21.0 Å². The van der Waals surface area contributed by atoms with Crippen LogP contribution in [-0.2, 0) is 10.0 Å². The van der Waals surface area contributed by atoms with E-state index < -0.39 is 10.0 Å². The predicted molar refractivity (Wildman–Crippen MR) is 74.0 cm³/mol. The number of nitrogens with one attached hydrogen (secondary N) is 1. The first kappa shape index (κ1) is 14.0. The van der Waals surface area contributed by atoms with Crippen LogP contribution in [0.1, 0.15) is 5.69 Å². The standard InChI is InChI=1S/C11H9Cl2N3O2S/c1-7-6-10(13)15-11(14-7)16-19(17,18)9-5-3-2-4-8(9)12/h2-6H,1H3,(H,14,15,16). The van der Waals surface area contributed by atoms with Crippen LogP contribution in [0, 0.1) is 6.92 Å². The molecule has 0 aliphatic carbocycles. The van der Waals surface area contributed by atoms with Crippen LogP contribution in [0.3, 0.4) is 0 Å². The summed E-state index contributed by atoms with van der Waals surface area (Å²) in [6, 6.07) is 7.61. The first-order valence-electron chi connectivity index (χ1n) is 5.17. The highest BCUT2D eigenvalue weighted by atomic mass is 35.5. The Hall–Kier alpha value is -1.37. The lowest BCUT2D eigenvalue weighted by molar-refractivity contribution is 0.601. The zero-order chi connectivity index (χ0) is 14.0. The molecule has 0 fully saturated rings. The molecule has 0 saturated carbocycles. The second-order valence-electron chi connectivity index (χ2n) is 3.69. The van der Waals surface area contributed by atoms with Crippen molar-refractivity contribution in [3.63, 3.8) is 0 Å². The van der Waals surface area contributed by atoms with Crippen molar-refractivity contribution in [2.45, 2.75) is 11.8 Å². The minimum atomic E-state index is -3.84. The van der Waals surface area contributed by atoms with Crippen LogP contribution in [0.25, 0.3) is 0 Å². The summed E-state index contributed by atoms with van der Waals surface area (Å²) in [6.07, 6.45) is 0. The highest BCUT2D eigenvalue weighted by molar-refractivity contribution is 7.92. The van der Waals surface area contributed by atoms with E-state index in [9.17, 15) is 8.42 Å². The first-order chi connectivity index (χ1) is 8.88. The summed E-state index contributed by atoms with van der Waals surface area (Å²) in [6.45, 7) is 1.68. The van der Waals surface area contributed by atoms with Crippen LogP contribution in [0.15, 0.2) is 35.2 Å². The molecule has 1 aromatic heterocycles. The molecular weight excluding hydrogens is 309 g/mol. The molecule has 1 N–H and O–H groups in total. The Morgan fingerprint density at radius 3 is 2.47 bits per heavy atom. The van der Waals surface area contributed by atoms with Gasteiger partial charge in [0.1, 0.15) is 10.0 Å². The average Bonchev–Trinajstić information content (AvgIpc) is 2.26. The molecule has 0 aliphatic rings. The Kier molecular flexibility index (Phi) is 3.93. The zero-order valence-electron chi connectivity index (χ0n) is 9.76. The van der Waals surface area contributed by atoms with Crippen molar-refractivity contribution in [3.8, 4) is 0 Å². The molecule has 0 bridgehead atoms. The lowest BCUT2D eigenvalue weighted by Gasteiger charge is -2.08. The third-order valence-corrected chi connectivity index (χ3v) is 4.20. The number of nitrogens with zero attached hydrogens (tertiary/aromatic N) is 2. The normalized spacial score (nSPS) is 11.3. The Morgan fingerprint density at radius 1 is 1.16 bits per heavy atom. The fourth-order valence-corrected chi connectivity index (χ4v) is 3.12. The van der Waals surface area contributed by atoms with Crippen LogP contribution < -0.4 is 4.72 Å². The van der Waals surface area contributed by atoms with E-state index in [0.29, 0.717) is 5.69 Å². The molecule has 8 heteroatoms. The number of hydrogen-bond acceptors (Lipinski definition) is 4. The molecule has 0 radical (unpaired) electrons. The Bertz CT molecular complexity index is 699. The van der Waals surface area contributed by atoms with Crippen LogP contribution in [0.5, 0.6) is 0 Å². The summed E-state index contributed by atoms with van der Waals surface area (Å²) in [5.74, 6) is -0.0927. The minimum absolute atomic E-state index is 0.0436. The Balaban J connectivity index is 2.39. The topological polar surface area (TPSA) is 72.0 Å². The van der Waals surface area contributed by atoms with Gasteiger partial charge in [-0.05, 0) is 25.1 Å². The van der Waals surface area contributed by atoms with Crippen molar-refractivity contribution in [2.24, 2.45) is 0 Å². The summed E-state index contributed by atoms with van der Waals surface area (Å²) >= 11 is 11.6. The fraction of sp³-hybridized carbons (Fsp3) is 0.0909. The number of aromatic nitrogens is 2. The van der Waals surface area contributed by atoms with Gasteiger partial charge in [-0.2, -0.15) is 0 Å². The lowest BCUT2D eigenvalue weighted by atomic mass is 10.4. The molecule has 0 unspecified atom stereocenters. The summed E-state index contributed by atoms with van der Waals surface area (Å²) in [7, 11) is -3.84. The third-order valence-electron chi connectivity index (χ3n) is 2.17. The highest BCUT2D eigenvalue weighted by Crippen LogP contribution is 2.22. The van der Waals surface area contributed by atoms with Gasteiger partial charge in [-0.15, -0.1) is 0 Å². The van der Waals surface area contributed by atoms with Gasteiger partial charge in [0, 0.05) is 5.69 Å². The molecule has 0 saturated heterocycles. The number of aryl methyl sites for hydroxylation is 1. The van der Waals surface area contributed by atoms with Crippen molar-refractivity contribution in [1.82, 2.24) is 9.97 Å². The Labute approximate surface area is 120 Å². The SMILES string of the molecule is Cc1cc(Cl)nc(NS(=O)(=O)c2ccccc2Cl)n1. The third kappa shape index (κ3) is 3.34. The number of halogens is 2. The van der Waals surface area contributed by atoms with E-state index in [0.717, 1.165) is 0 Å². The number of benzene rings is 1. The van der Waals surface area contributed by atoms with Crippen molar-refractivity contribution < 1.29 is 8.42 Å². The highest BCUT2D eigenvalue weighted by Gasteiger charge is 2.19. The van der Waals surface area contributed by atoms with Gasteiger partial charge in [0.05, 0.1) is 5.02 Å². The molecule has 5 nitrogen and oxygen atoms in total. The van der Waals surface area contributed by atoms with Gasteiger partial charge in [-0.1, -0.05) is 35.3 Å². The van der Waals surface area contributed by atoms with Gasteiger partial charge in [0.15, 0.2) is 0 Å². The van der Waals surface area contributed by atoms with E-state index in [1.807, 2.05) is 0 Å². The quantitative estimate of drug-likeness (QED) is 0.883. The van der Waals surface area contributed by atoms with E-state index in [1.54, 1.807) is 19.1 Å². The van der Waals surface area contributed by atoms with Crippen molar-refractivity contribution >= 4 is 39.2 Å². The Morgan fingerprint density at radius 2 is 1.84 bits per heavy atom. The molecule has 100 valence electrons. The van der Waals surface area contributed by atoms with E-state index in [1.165, 1.54) is 18.2 Å². The van der Waals surface area contributed by atoms with Gasteiger partial charge >= 0.3 is 0 Å². The lowest BCUT2D eigenvalue weighted by Crippen LogP contribution is -2.15. The first-order valence-corrected chi connectivity index (χ1v) is 7.41. The molecule has 19 heavy (non-hydrogen) atoms. The number of rotatable bonds is 3. The molecule has 0 atom stereocenters. The van der Waals surface area contributed by atoms with E-state index in [4.69, 9.17) is 23.2 Å². The van der Waals surface area contributed by atoms with E-state index in [2.05, 4.69) is 14.7 Å². The molecular formula is C11H9Cl2N3O2S. The molecule has 1 heterocycles. The smallest absolute Gasteiger partial charge is 0.247 e. The summed E-state index contributed by atoms with van der Waals surface area (Å²) in [5.41, 5.74) is 0.553. The van der Waals surface area contributed by atoms with Crippen LogP contribution >= 0.6 is 23.2 Å². The largest absolute Gasteiger partial charge is 0.265 e. The van der Waals surface area contributed by atoms with Crippen molar-refractivity contribution in [1.29, 1.82) is 0 Å². The summed E-state index contributed by atoms with van der Waals surface area (Å²) < 4.78 is 26.5.